The third-order valence-electron chi connectivity index (χ3n) is 7.81. The van der Waals surface area contributed by atoms with Crippen LogP contribution in [0.3, 0.4) is 0 Å². The molecule has 0 aliphatic heterocycles. The third-order valence-corrected chi connectivity index (χ3v) is 8.29. The predicted molar refractivity (Wildman–Crippen MR) is 208 cm³/mol. The van der Waals surface area contributed by atoms with E-state index >= 15 is 0 Å². The molecule has 292 valence electrons. The number of esters is 2. The molecule has 0 aromatic heterocycles. The van der Waals surface area contributed by atoms with E-state index in [1.165, 1.54) is 44.9 Å². The largest absolute Gasteiger partial charge is 0.469 e. The van der Waals surface area contributed by atoms with Gasteiger partial charge in [-0.3, -0.25) is 14.1 Å². The summed E-state index contributed by atoms with van der Waals surface area (Å²) < 4.78 is 26.2. The molecule has 10 heteroatoms. The Morgan fingerprint density at radius 1 is 0.608 bits per heavy atom. The molecule has 51 heavy (non-hydrogen) atoms. The van der Waals surface area contributed by atoms with Crippen LogP contribution < -0.4 is 0 Å². The van der Waals surface area contributed by atoms with Crippen LogP contribution in [-0.2, 0) is 28.2 Å². The van der Waals surface area contributed by atoms with Gasteiger partial charge in [0.15, 0.2) is 6.10 Å². The summed E-state index contributed by atoms with van der Waals surface area (Å²) in [6.07, 6.45) is 42.2. The maximum Gasteiger partial charge on any atom is 0.469 e. The van der Waals surface area contributed by atoms with E-state index in [0.29, 0.717) is 25.7 Å². The van der Waals surface area contributed by atoms with Crippen LogP contribution in [-0.4, -0.2) is 52.3 Å². The SMILES string of the molecule is CCCCC/C=C\C=C/[C@@H](O)C/C=C\C/C=C/CCCC(=O)OC[C@H](COP(=O)(O)O)OC(=O)CCCCCCC/C=C\C=C/CCCCCC. The molecule has 0 fully saturated rings. The number of carbonyl (C=O) groups excluding carboxylic acids is 2. The molecule has 0 aromatic rings. The minimum atomic E-state index is -4.79. The number of carbonyl (C=O) groups is 2. The normalized spacial score (nSPS) is 13.9. The van der Waals surface area contributed by atoms with Crippen molar-refractivity contribution in [3.05, 3.63) is 72.9 Å². The smallest absolute Gasteiger partial charge is 0.462 e. The van der Waals surface area contributed by atoms with E-state index in [1.54, 1.807) is 6.08 Å². The lowest BCUT2D eigenvalue weighted by Gasteiger charge is -2.18. The van der Waals surface area contributed by atoms with Gasteiger partial charge >= 0.3 is 19.8 Å². The molecule has 0 heterocycles. The quantitative estimate of drug-likeness (QED) is 0.0194. The van der Waals surface area contributed by atoms with Gasteiger partial charge in [0.05, 0.1) is 12.7 Å². The third kappa shape index (κ3) is 38.5. The van der Waals surface area contributed by atoms with Gasteiger partial charge in [0.1, 0.15) is 6.61 Å². The van der Waals surface area contributed by atoms with Gasteiger partial charge in [-0.1, -0.05) is 138 Å². The molecule has 0 aliphatic rings. The molecule has 9 nitrogen and oxygen atoms in total. The molecular weight excluding hydrogens is 667 g/mol. The van der Waals surface area contributed by atoms with Gasteiger partial charge in [-0.05, 0) is 70.6 Å². The molecule has 0 saturated heterocycles. The van der Waals surface area contributed by atoms with Crippen molar-refractivity contribution in [3.8, 4) is 0 Å². The van der Waals surface area contributed by atoms with Crippen molar-refractivity contribution in [2.24, 2.45) is 0 Å². The molecule has 3 N–H and O–H groups in total. The zero-order chi connectivity index (χ0) is 37.7. The molecule has 0 spiro atoms. The summed E-state index contributed by atoms with van der Waals surface area (Å²) in [5.41, 5.74) is 0. The Balaban J connectivity index is 4.17. The molecule has 0 saturated carbocycles. The number of aliphatic hydroxyl groups excluding tert-OH is 1. The first-order valence-electron chi connectivity index (χ1n) is 19.4. The average molecular weight is 737 g/mol. The highest BCUT2D eigenvalue weighted by Crippen LogP contribution is 2.36. The molecule has 0 bridgehead atoms. The van der Waals surface area contributed by atoms with E-state index < -0.39 is 38.6 Å². The lowest BCUT2D eigenvalue weighted by molar-refractivity contribution is -0.161. The number of unbranched alkanes of at least 4 members (excludes halogenated alkanes) is 13. The second-order valence-electron chi connectivity index (χ2n) is 12.8. The molecule has 0 aliphatic carbocycles. The minimum Gasteiger partial charge on any atom is -0.462 e. The van der Waals surface area contributed by atoms with Crippen LogP contribution in [0.15, 0.2) is 72.9 Å². The number of hydrogen-bond donors (Lipinski definition) is 3. The summed E-state index contributed by atoms with van der Waals surface area (Å²) in [7, 11) is -4.79. The van der Waals surface area contributed by atoms with Crippen molar-refractivity contribution in [2.75, 3.05) is 13.2 Å². The Labute approximate surface area is 309 Å². The van der Waals surface area contributed by atoms with Crippen molar-refractivity contribution in [2.45, 2.75) is 161 Å². The first kappa shape index (κ1) is 48.5. The highest BCUT2D eigenvalue weighted by atomic mass is 31.2. The monoisotopic (exact) mass is 736 g/mol. The standard InChI is InChI=1S/C41H69O9P/c1-3-5-7-9-11-12-13-14-15-16-17-18-22-27-31-35-41(44)50-39(37-49-51(45,46)47)36-48-40(43)34-30-26-23-19-21-25-29-33-38(42)32-28-24-20-10-8-6-4-2/h12-15,19-20,23-25,28-29,32,38-39,42H,3-11,16-18,21-22,26-27,30-31,33-37H2,1-2H3,(H2,45,46,47)/b13-12-,15-14-,23-19+,24-20-,29-25-,32-28-/t38-,39-/m1/s1. The number of phosphoric acid groups is 1. The van der Waals surface area contributed by atoms with E-state index in [4.69, 9.17) is 19.3 Å². The fourth-order valence-corrected chi connectivity index (χ4v) is 5.21. The fraction of sp³-hybridized carbons (Fsp3) is 0.659. The molecule has 2 atom stereocenters. The Hall–Kier alpha value is -2.55. The highest BCUT2D eigenvalue weighted by Gasteiger charge is 2.22. The number of ether oxygens (including phenoxy) is 2. The van der Waals surface area contributed by atoms with Crippen molar-refractivity contribution < 1.29 is 43.0 Å². The van der Waals surface area contributed by atoms with Crippen LogP contribution in [0.2, 0.25) is 0 Å². The van der Waals surface area contributed by atoms with Gasteiger partial charge in [-0.2, -0.15) is 0 Å². The van der Waals surface area contributed by atoms with Gasteiger partial charge in [0.2, 0.25) is 0 Å². The topological polar surface area (TPSA) is 140 Å². The molecule has 0 unspecified atom stereocenters. The summed E-state index contributed by atoms with van der Waals surface area (Å²) in [5, 5.41) is 10.0. The molecule has 0 rings (SSSR count). The van der Waals surface area contributed by atoms with E-state index in [9.17, 15) is 19.3 Å². The summed E-state index contributed by atoms with van der Waals surface area (Å²) in [6.45, 7) is 3.48. The summed E-state index contributed by atoms with van der Waals surface area (Å²) in [4.78, 5) is 42.7. The van der Waals surface area contributed by atoms with Crippen LogP contribution >= 0.6 is 7.82 Å². The lowest BCUT2D eigenvalue weighted by Crippen LogP contribution is -2.29. The number of allylic oxidation sites excluding steroid dienone is 10. The Morgan fingerprint density at radius 3 is 1.80 bits per heavy atom. The number of hydrogen-bond acceptors (Lipinski definition) is 7. The summed E-state index contributed by atoms with van der Waals surface area (Å²) in [6, 6.07) is 0. The van der Waals surface area contributed by atoms with Crippen LogP contribution in [0, 0.1) is 0 Å². The Morgan fingerprint density at radius 2 is 1.14 bits per heavy atom. The van der Waals surface area contributed by atoms with Crippen molar-refractivity contribution in [1.29, 1.82) is 0 Å². The number of phosphoric ester groups is 1. The van der Waals surface area contributed by atoms with E-state index in [1.807, 2.05) is 36.5 Å². The zero-order valence-electron chi connectivity index (χ0n) is 31.6. The maximum absolute atomic E-state index is 12.4. The van der Waals surface area contributed by atoms with Gasteiger partial charge in [0.25, 0.3) is 0 Å². The second kappa shape index (κ2) is 35.8. The van der Waals surface area contributed by atoms with Crippen LogP contribution in [0.5, 0.6) is 0 Å². The minimum absolute atomic E-state index is 0.150. The molecule has 0 amide bonds. The highest BCUT2D eigenvalue weighted by molar-refractivity contribution is 7.46. The Bertz CT molecular complexity index is 1070. The second-order valence-corrected chi connectivity index (χ2v) is 14.0. The van der Waals surface area contributed by atoms with Crippen LogP contribution in [0.1, 0.15) is 149 Å². The first-order chi connectivity index (χ1) is 24.7. The van der Waals surface area contributed by atoms with Crippen LogP contribution in [0.4, 0.5) is 0 Å². The van der Waals surface area contributed by atoms with Gasteiger partial charge in [-0.25, -0.2) is 4.57 Å². The van der Waals surface area contributed by atoms with Crippen molar-refractivity contribution >= 4 is 19.8 Å². The fourth-order valence-electron chi connectivity index (χ4n) is 4.85. The van der Waals surface area contributed by atoms with Crippen LogP contribution in [0.25, 0.3) is 0 Å². The molecular formula is C41H69O9P. The summed E-state index contributed by atoms with van der Waals surface area (Å²) >= 11 is 0. The van der Waals surface area contributed by atoms with E-state index in [-0.39, 0.29) is 19.4 Å². The van der Waals surface area contributed by atoms with E-state index in [2.05, 4.69) is 48.8 Å². The van der Waals surface area contributed by atoms with E-state index in [0.717, 1.165) is 51.4 Å². The zero-order valence-corrected chi connectivity index (χ0v) is 32.5. The summed E-state index contributed by atoms with van der Waals surface area (Å²) in [5.74, 6) is -1.02. The molecule has 0 radical (unpaired) electrons. The maximum atomic E-state index is 12.4. The number of rotatable bonds is 34. The van der Waals surface area contributed by atoms with Gasteiger partial charge < -0.3 is 24.4 Å². The average Bonchev–Trinajstić information content (AvgIpc) is 3.09. The Kier molecular flexibility index (Phi) is 34.0. The van der Waals surface area contributed by atoms with Gasteiger partial charge in [-0.15, -0.1) is 0 Å². The first-order valence-corrected chi connectivity index (χ1v) is 20.9. The number of aliphatic hydroxyl groups is 1. The predicted octanol–water partition coefficient (Wildman–Crippen LogP) is 10.5. The van der Waals surface area contributed by atoms with Crippen molar-refractivity contribution in [1.82, 2.24) is 0 Å². The van der Waals surface area contributed by atoms with Crippen molar-refractivity contribution in [3.63, 3.8) is 0 Å². The van der Waals surface area contributed by atoms with Gasteiger partial charge in [0, 0.05) is 12.8 Å². The molecule has 0 aromatic carbocycles. The lowest BCUT2D eigenvalue weighted by atomic mass is 10.1.